The zero-order chi connectivity index (χ0) is 14.3. The number of fused-ring (bicyclic) bond motifs is 3. The van der Waals surface area contributed by atoms with Crippen LogP contribution in [0, 0.1) is 0 Å². The van der Waals surface area contributed by atoms with Gasteiger partial charge in [-0.3, -0.25) is 0 Å². The molecule has 0 bridgehead atoms. The van der Waals surface area contributed by atoms with Crippen LogP contribution in [-0.4, -0.2) is 24.6 Å². The summed E-state index contributed by atoms with van der Waals surface area (Å²) in [5, 5.41) is -2.18. The van der Waals surface area contributed by atoms with Gasteiger partial charge in [-0.15, -0.1) is 0 Å². The van der Waals surface area contributed by atoms with Crippen LogP contribution in [0.5, 0.6) is 0 Å². The molecule has 0 saturated carbocycles. The molecule has 0 amide bonds. The molecule has 0 atom stereocenters. The number of benzene rings is 2. The van der Waals surface area contributed by atoms with Gasteiger partial charge in [-0.1, -0.05) is 0 Å². The molecule has 0 aliphatic heterocycles. The topological polar surface area (TPSA) is 4.93 Å². The van der Waals surface area contributed by atoms with Crippen molar-refractivity contribution in [3.63, 3.8) is 0 Å². The second-order valence-corrected chi connectivity index (χ2v) is 6.88. The molecule has 0 spiro atoms. The minimum absolute atomic E-state index is 0.372. The van der Waals surface area contributed by atoms with E-state index in [9.17, 15) is 13.2 Å². The summed E-state index contributed by atoms with van der Waals surface area (Å²) in [6, 6.07) is 12.9. The van der Waals surface area contributed by atoms with Gasteiger partial charge in [0.05, 0.1) is 0 Å². The zero-order valence-corrected chi connectivity index (χ0v) is 12.5. The van der Waals surface area contributed by atoms with Crippen LogP contribution < -0.4 is 4.46 Å². The molecular formula is C15H12F3NSe. The summed E-state index contributed by atoms with van der Waals surface area (Å²) in [7, 11) is 0. The first-order valence-corrected chi connectivity index (χ1v) is 7.97. The third-order valence-electron chi connectivity index (χ3n) is 3.29. The van der Waals surface area contributed by atoms with Crippen LogP contribution in [0.2, 0.25) is 0 Å². The van der Waals surface area contributed by atoms with E-state index < -0.39 is 20.0 Å². The van der Waals surface area contributed by atoms with Crippen LogP contribution >= 0.6 is 0 Å². The molecule has 104 valence electrons. The number of alkyl halides is 3. The maximum absolute atomic E-state index is 12.5. The molecule has 3 rings (SSSR count). The van der Waals surface area contributed by atoms with E-state index in [0.717, 1.165) is 28.4 Å². The third kappa shape index (κ3) is 2.32. The molecule has 0 aliphatic rings. The van der Waals surface area contributed by atoms with Gasteiger partial charge < -0.3 is 0 Å². The predicted octanol–water partition coefficient (Wildman–Crippen LogP) is 3.66. The number of nitrogens with zero attached hydrogens (tertiary/aromatic N) is 1. The Labute approximate surface area is 120 Å². The predicted molar refractivity (Wildman–Crippen MR) is 76.6 cm³/mol. The summed E-state index contributed by atoms with van der Waals surface area (Å²) < 4.78 is 40.2. The molecule has 20 heavy (non-hydrogen) atoms. The molecule has 3 aromatic rings. The fraction of sp³-hybridized carbons (Fsp3) is 0.200. The quantitative estimate of drug-likeness (QED) is 0.627. The summed E-state index contributed by atoms with van der Waals surface area (Å²) in [5.74, 6) is 0. The van der Waals surface area contributed by atoms with E-state index >= 15 is 0 Å². The van der Waals surface area contributed by atoms with Crippen molar-refractivity contribution in [3.05, 3.63) is 42.5 Å². The van der Waals surface area contributed by atoms with E-state index in [1.807, 2.05) is 37.3 Å². The maximum atomic E-state index is 12.5. The Morgan fingerprint density at radius 1 is 1.00 bits per heavy atom. The molecule has 0 fully saturated rings. The van der Waals surface area contributed by atoms with Crippen LogP contribution in [0.15, 0.2) is 42.5 Å². The average molecular weight is 342 g/mol. The van der Waals surface area contributed by atoms with E-state index in [1.54, 1.807) is 12.1 Å². The number of hydrogen-bond acceptors (Lipinski definition) is 0. The Kier molecular flexibility index (Phi) is 3.27. The van der Waals surface area contributed by atoms with Crippen LogP contribution in [0.4, 0.5) is 13.2 Å². The molecule has 0 aliphatic carbocycles. The second-order valence-electron chi connectivity index (χ2n) is 4.49. The van der Waals surface area contributed by atoms with Crippen molar-refractivity contribution < 1.29 is 13.2 Å². The molecule has 0 N–H and O–H groups in total. The van der Waals surface area contributed by atoms with Crippen molar-refractivity contribution in [3.8, 4) is 0 Å². The monoisotopic (exact) mass is 343 g/mol. The number of hydrogen-bond donors (Lipinski definition) is 0. The van der Waals surface area contributed by atoms with Crippen molar-refractivity contribution in [1.82, 2.24) is 4.57 Å². The van der Waals surface area contributed by atoms with Crippen molar-refractivity contribution in [2.75, 3.05) is 0 Å². The SMILES string of the molecule is CCn1c2ccccc2c2cc([Se]C(F)(F)F)ccc21. The summed E-state index contributed by atoms with van der Waals surface area (Å²) in [6.07, 6.45) is 0. The molecule has 1 aromatic heterocycles. The summed E-state index contributed by atoms with van der Waals surface area (Å²) >= 11 is -1.49. The van der Waals surface area contributed by atoms with Gasteiger partial charge in [0.1, 0.15) is 0 Å². The summed E-state index contributed by atoms with van der Waals surface area (Å²) in [5.41, 5.74) is 2.07. The first kappa shape index (κ1) is 13.5. The Bertz CT molecular complexity index is 774. The van der Waals surface area contributed by atoms with E-state index in [1.165, 1.54) is 0 Å². The van der Waals surface area contributed by atoms with Crippen LogP contribution in [-0.2, 0) is 6.54 Å². The van der Waals surface area contributed by atoms with Crippen LogP contribution in [0.1, 0.15) is 6.92 Å². The van der Waals surface area contributed by atoms with Gasteiger partial charge in [-0.25, -0.2) is 0 Å². The first-order chi connectivity index (χ1) is 9.49. The van der Waals surface area contributed by atoms with Crippen LogP contribution in [0.3, 0.4) is 0 Å². The van der Waals surface area contributed by atoms with Crippen molar-refractivity contribution in [1.29, 1.82) is 0 Å². The van der Waals surface area contributed by atoms with Gasteiger partial charge in [0.15, 0.2) is 0 Å². The number of para-hydroxylation sites is 1. The summed E-state index contributed by atoms with van der Waals surface area (Å²) in [4.78, 5) is 0. The Morgan fingerprint density at radius 3 is 2.40 bits per heavy atom. The van der Waals surface area contributed by atoms with Gasteiger partial charge in [-0.2, -0.15) is 0 Å². The molecule has 1 nitrogen and oxygen atoms in total. The molecule has 0 radical (unpaired) electrons. The Morgan fingerprint density at radius 2 is 1.70 bits per heavy atom. The van der Waals surface area contributed by atoms with E-state index in [4.69, 9.17) is 0 Å². The number of aromatic nitrogens is 1. The van der Waals surface area contributed by atoms with Gasteiger partial charge in [-0.05, 0) is 0 Å². The number of halogens is 3. The zero-order valence-electron chi connectivity index (χ0n) is 10.7. The van der Waals surface area contributed by atoms with Gasteiger partial charge in [0, 0.05) is 0 Å². The second kappa shape index (κ2) is 4.83. The van der Waals surface area contributed by atoms with Crippen molar-refractivity contribution >= 4 is 41.2 Å². The Hall–Kier alpha value is -1.45. The van der Waals surface area contributed by atoms with Crippen molar-refractivity contribution in [2.24, 2.45) is 0 Å². The molecule has 5 heteroatoms. The molecule has 2 aromatic carbocycles. The van der Waals surface area contributed by atoms with E-state index in [0.29, 0.717) is 4.46 Å². The fourth-order valence-corrected chi connectivity index (χ4v) is 3.79. The van der Waals surface area contributed by atoms with Crippen molar-refractivity contribution in [2.45, 2.75) is 18.5 Å². The normalized spacial score (nSPS) is 12.4. The Balaban J connectivity index is 2.26. The fourth-order valence-electron chi connectivity index (χ4n) is 2.57. The first-order valence-electron chi connectivity index (χ1n) is 6.26. The standard InChI is InChI=1S/C15H12F3NSe/c1-2-19-13-6-4-3-5-11(13)12-9-10(7-8-14(12)19)20-15(16,17)18/h3-9H,2H2,1H3. The molecule has 1 heterocycles. The van der Waals surface area contributed by atoms with Gasteiger partial charge >= 0.3 is 120 Å². The average Bonchev–Trinajstić information content (AvgIpc) is 2.70. The van der Waals surface area contributed by atoms with E-state index in [2.05, 4.69) is 4.57 Å². The summed E-state index contributed by atoms with van der Waals surface area (Å²) in [6.45, 7) is 2.84. The minimum atomic E-state index is -4.11. The molecular weight excluding hydrogens is 330 g/mol. The molecule has 0 saturated heterocycles. The van der Waals surface area contributed by atoms with Gasteiger partial charge in [0.25, 0.3) is 0 Å². The van der Waals surface area contributed by atoms with Crippen LogP contribution in [0.25, 0.3) is 21.8 Å². The van der Waals surface area contributed by atoms with E-state index in [-0.39, 0.29) is 0 Å². The third-order valence-corrected chi connectivity index (χ3v) is 4.81. The van der Waals surface area contributed by atoms with Gasteiger partial charge in [0.2, 0.25) is 0 Å². The number of rotatable bonds is 2. The molecule has 0 unspecified atom stereocenters. The number of aryl methyl sites for hydroxylation is 1.